The first kappa shape index (κ1) is 20.3. The first-order valence-corrected chi connectivity index (χ1v) is 9.06. The number of benzene rings is 2. The number of nitrogen functional groups attached to an aromatic ring is 1. The molecule has 0 aliphatic carbocycles. The van der Waals surface area contributed by atoms with Crippen molar-refractivity contribution in [3.8, 4) is 5.75 Å². The second-order valence-corrected chi connectivity index (χ2v) is 6.05. The van der Waals surface area contributed by atoms with Crippen molar-refractivity contribution in [1.82, 2.24) is 4.90 Å². The molecule has 0 atom stereocenters. The fraction of sp³-hybridized carbons (Fsp3) is 0.333. The van der Waals surface area contributed by atoms with E-state index in [2.05, 4.69) is 0 Å². The molecule has 0 saturated carbocycles. The molecule has 0 aromatic heterocycles. The molecule has 0 radical (unpaired) electrons. The quantitative estimate of drug-likeness (QED) is 0.541. The predicted octanol–water partition coefficient (Wildman–Crippen LogP) is 3.26. The van der Waals surface area contributed by atoms with Gasteiger partial charge in [0.15, 0.2) is 0 Å². The number of ether oxygens (including phenoxy) is 2. The van der Waals surface area contributed by atoms with Crippen LogP contribution in [0.2, 0.25) is 0 Å². The van der Waals surface area contributed by atoms with Crippen LogP contribution in [-0.2, 0) is 16.1 Å². The SMILES string of the molecule is CCCOc1ccc(C(=O)N(CC(=O)OCC)Cc2ccccc2)cc1N. The molecule has 1 amide bonds. The van der Waals surface area contributed by atoms with Crippen LogP contribution < -0.4 is 10.5 Å². The van der Waals surface area contributed by atoms with Crippen molar-refractivity contribution in [3.05, 3.63) is 59.7 Å². The number of amides is 1. The molecule has 0 fully saturated rings. The molecule has 0 bridgehead atoms. The van der Waals surface area contributed by atoms with Crippen LogP contribution in [0.5, 0.6) is 5.75 Å². The van der Waals surface area contributed by atoms with Gasteiger partial charge in [0, 0.05) is 12.1 Å². The van der Waals surface area contributed by atoms with E-state index in [1.807, 2.05) is 37.3 Å². The molecule has 2 aromatic rings. The predicted molar refractivity (Wildman–Crippen MR) is 104 cm³/mol. The van der Waals surface area contributed by atoms with Crippen molar-refractivity contribution in [2.24, 2.45) is 0 Å². The summed E-state index contributed by atoms with van der Waals surface area (Å²) in [6.45, 7) is 4.73. The van der Waals surface area contributed by atoms with E-state index in [0.29, 0.717) is 30.2 Å². The van der Waals surface area contributed by atoms with E-state index >= 15 is 0 Å². The maximum Gasteiger partial charge on any atom is 0.325 e. The fourth-order valence-corrected chi connectivity index (χ4v) is 2.57. The number of anilines is 1. The van der Waals surface area contributed by atoms with E-state index < -0.39 is 5.97 Å². The van der Waals surface area contributed by atoms with Gasteiger partial charge in [-0.25, -0.2) is 0 Å². The standard InChI is InChI=1S/C21H26N2O4/c1-3-12-27-19-11-10-17(13-18(19)22)21(25)23(15-20(24)26-4-2)14-16-8-6-5-7-9-16/h5-11,13H,3-4,12,14-15,22H2,1-2H3. The van der Waals surface area contributed by atoms with Gasteiger partial charge in [-0.1, -0.05) is 37.3 Å². The summed E-state index contributed by atoms with van der Waals surface area (Å²) in [5.41, 5.74) is 7.73. The molecule has 2 aromatic carbocycles. The number of carbonyl (C=O) groups excluding carboxylic acids is 2. The van der Waals surface area contributed by atoms with Gasteiger partial charge in [-0.05, 0) is 37.1 Å². The lowest BCUT2D eigenvalue weighted by molar-refractivity contribution is -0.143. The molecule has 6 heteroatoms. The molecular weight excluding hydrogens is 344 g/mol. The highest BCUT2D eigenvalue weighted by Crippen LogP contribution is 2.24. The van der Waals surface area contributed by atoms with Crippen LogP contribution in [0, 0.1) is 0 Å². The molecule has 0 aliphatic rings. The minimum Gasteiger partial charge on any atom is -0.491 e. The van der Waals surface area contributed by atoms with Crippen LogP contribution in [0.1, 0.15) is 36.2 Å². The molecule has 0 spiro atoms. The zero-order chi connectivity index (χ0) is 19.6. The van der Waals surface area contributed by atoms with Gasteiger partial charge in [-0.2, -0.15) is 0 Å². The zero-order valence-electron chi connectivity index (χ0n) is 15.8. The molecule has 144 valence electrons. The summed E-state index contributed by atoms with van der Waals surface area (Å²) < 4.78 is 10.6. The van der Waals surface area contributed by atoms with Crippen molar-refractivity contribution in [2.45, 2.75) is 26.8 Å². The lowest BCUT2D eigenvalue weighted by Crippen LogP contribution is -2.36. The summed E-state index contributed by atoms with van der Waals surface area (Å²) in [5, 5.41) is 0. The van der Waals surface area contributed by atoms with E-state index in [4.69, 9.17) is 15.2 Å². The van der Waals surface area contributed by atoms with Crippen LogP contribution in [0.3, 0.4) is 0 Å². The van der Waals surface area contributed by atoms with Gasteiger partial charge in [0.25, 0.3) is 5.91 Å². The molecule has 0 aliphatic heterocycles. The summed E-state index contributed by atoms with van der Waals surface area (Å²) >= 11 is 0. The van der Waals surface area contributed by atoms with Crippen molar-refractivity contribution < 1.29 is 19.1 Å². The van der Waals surface area contributed by atoms with E-state index in [1.54, 1.807) is 25.1 Å². The number of nitrogens with zero attached hydrogens (tertiary/aromatic N) is 1. The zero-order valence-corrected chi connectivity index (χ0v) is 15.8. The van der Waals surface area contributed by atoms with Gasteiger partial charge < -0.3 is 20.1 Å². The van der Waals surface area contributed by atoms with E-state index in [-0.39, 0.29) is 19.1 Å². The summed E-state index contributed by atoms with van der Waals surface area (Å²) in [5.74, 6) is -0.188. The third-order valence-electron chi connectivity index (χ3n) is 3.85. The van der Waals surface area contributed by atoms with Crippen LogP contribution >= 0.6 is 0 Å². The monoisotopic (exact) mass is 370 g/mol. The van der Waals surface area contributed by atoms with E-state index in [1.165, 1.54) is 4.90 Å². The van der Waals surface area contributed by atoms with Crippen LogP contribution in [0.15, 0.2) is 48.5 Å². The number of nitrogens with two attached hydrogens (primary N) is 1. The van der Waals surface area contributed by atoms with Gasteiger partial charge >= 0.3 is 5.97 Å². The Bertz CT molecular complexity index is 762. The second-order valence-electron chi connectivity index (χ2n) is 6.05. The van der Waals surface area contributed by atoms with Gasteiger partial charge in [-0.15, -0.1) is 0 Å². The Balaban J connectivity index is 2.21. The van der Waals surface area contributed by atoms with Crippen LogP contribution in [-0.4, -0.2) is 36.5 Å². The maximum absolute atomic E-state index is 13.0. The number of hydrogen-bond donors (Lipinski definition) is 1. The van der Waals surface area contributed by atoms with Crippen molar-refractivity contribution >= 4 is 17.6 Å². The Morgan fingerprint density at radius 3 is 2.44 bits per heavy atom. The fourth-order valence-electron chi connectivity index (χ4n) is 2.57. The highest BCUT2D eigenvalue weighted by Gasteiger charge is 2.21. The number of hydrogen-bond acceptors (Lipinski definition) is 5. The average Bonchev–Trinajstić information content (AvgIpc) is 2.67. The summed E-state index contributed by atoms with van der Waals surface area (Å²) in [6.07, 6.45) is 0.866. The first-order valence-electron chi connectivity index (χ1n) is 9.06. The number of carbonyl (C=O) groups is 2. The summed E-state index contributed by atoms with van der Waals surface area (Å²) in [7, 11) is 0. The Morgan fingerprint density at radius 1 is 1.07 bits per heavy atom. The third-order valence-corrected chi connectivity index (χ3v) is 3.85. The van der Waals surface area contributed by atoms with E-state index in [9.17, 15) is 9.59 Å². The smallest absolute Gasteiger partial charge is 0.325 e. The minimum atomic E-state index is -0.447. The van der Waals surface area contributed by atoms with Gasteiger partial charge in [0.2, 0.25) is 0 Å². The third kappa shape index (κ3) is 6.02. The molecule has 2 rings (SSSR count). The van der Waals surface area contributed by atoms with Crippen molar-refractivity contribution in [2.75, 3.05) is 25.5 Å². The van der Waals surface area contributed by atoms with Gasteiger partial charge in [0.1, 0.15) is 12.3 Å². The normalized spacial score (nSPS) is 10.3. The topological polar surface area (TPSA) is 81.9 Å². The highest BCUT2D eigenvalue weighted by molar-refractivity contribution is 5.97. The molecule has 0 saturated heterocycles. The second kappa shape index (κ2) is 10.2. The Kier molecular flexibility index (Phi) is 7.67. The van der Waals surface area contributed by atoms with Gasteiger partial charge in [-0.3, -0.25) is 9.59 Å². The largest absolute Gasteiger partial charge is 0.491 e. The first-order chi connectivity index (χ1) is 13.0. The minimum absolute atomic E-state index is 0.129. The number of rotatable bonds is 9. The lowest BCUT2D eigenvalue weighted by Gasteiger charge is -2.22. The van der Waals surface area contributed by atoms with Crippen LogP contribution in [0.25, 0.3) is 0 Å². The van der Waals surface area contributed by atoms with E-state index in [0.717, 1.165) is 12.0 Å². The Labute approximate surface area is 159 Å². The molecule has 0 heterocycles. The maximum atomic E-state index is 13.0. The molecule has 0 unspecified atom stereocenters. The molecule has 27 heavy (non-hydrogen) atoms. The van der Waals surface area contributed by atoms with Crippen molar-refractivity contribution in [3.63, 3.8) is 0 Å². The van der Waals surface area contributed by atoms with Gasteiger partial charge in [0.05, 0.1) is 18.9 Å². The summed E-state index contributed by atoms with van der Waals surface area (Å²) in [6, 6.07) is 14.4. The highest BCUT2D eigenvalue weighted by atomic mass is 16.5. The van der Waals surface area contributed by atoms with Crippen molar-refractivity contribution in [1.29, 1.82) is 0 Å². The molecular formula is C21H26N2O4. The summed E-state index contributed by atoms with van der Waals surface area (Å²) in [4.78, 5) is 26.4. The van der Waals surface area contributed by atoms with Crippen LogP contribution in [0.4, 0.5) is 5.69 Å². The lowest BCUT2D eigenvalue weighted by atomic mass is 10.1. The molecule has 6 nitrogen and oxygen atoms in total. The molecule has 2 N–H and O–H groups in total. The number of esters is 1. The average molecular weight is 370 g/mol. The Morgan fingerprint density at radius 2 is 1.81 bits per heavy atom. The Hall–Kier alpha value is -3.02.